The Labute approximate surface area is 201 Å². The maximum atomic E-state index is 6.35. The molecule has 0 saturated heterocycles. The summed E-state index contributed by atoms with van der Waals surface area (Å²) in [7, 11) is 0. The van der Waals surface area contributed by atoms with Crippen molar-refractivity contribution in [3.05, 3.63) is 48.5 Å². The molecule has 0 radical (unpaired) electrons. The van der Waals surface area contributed by atoms with Crippen molar-refractivity contribution in [2.75, 3.05) is 12.3 Å². The van der Waals surface area contributed by atoms with E-state index in [1.54, 1.807) is 0 Å². The molecule has 0 amide bonds. The third-order valence-corrected chi connectivity index (χ3v) is 6.66. The number of H-pyrrole nitrogens is 1. The standard InChI is InChI=1S/C30H44N2O/c1-2-3-4-5-6-7-8-9-10-11-12-13-14-17-24-33-26-22-20-25(21-23-26)30-29(31)27-18-15-16-19-28(27)32-30/h15-16,18-23,32H,2-14,17,24,31H2,1H3. The summed E-state index contributed by atoms with van der Waals surface area (Å²) < 4.78 is 5.95. The van der Waals surface area contributed by atoms with Crippen molar-refractivity contribution in [2.24, 2.45) is 0 Å². The molecule has 1 heterocycles. The van der Waals surface area contributed by atoms with Crippen molar-refractivity contribution in [3.8, 4) is 17.0 Å². The minimum Gasteiger partial charge on any atom is -0.494 e. The fraction of sp³-hybridized carbons (Fsp3) is 0.533. The Bertz CT molecular complexity index is 913. The largest absolute Gasteiger partial charge is 0.494 e. The summed E-state index contributed by atoms with van der Waals surface area (Å²) in [6.07, 6.45) is 19.3. The molecule has 3 heteroatoms. The summed E-state index contributed by atoms with van der Waals surface area (Å²) in [5.41, 5.74) is 10.3. The lowest BCUT2D eigenvalue weighted by atomic mass is 10.0. The van der Waals surface area contributed by atoms with Gasteiger partial charge in [-0.1, -0.05) is 109 Å². The summed E-state index contributed by atoms with van der Waals surface area (Å²) in [6, 6.07) is 16.4. The monoisotopic (exact) mass is 448 g/mol. The average molecular weight is 449 g/mol. The lowest BCUT2D eigenvalue weighted by Gasteiger charge is -2.07. The van der Waals surface area contributed by atoms with Crippen LogP contribution in [0.1, 0.15) is 96.8 Å². The summed E-state index contributed by atoms with van der Waals surface area (Å²) in [5.74, 6) is 0.933. The van der Waals surface area contributed by atoms with Crippen molar-refractivity contribution in [1.29, 1.82) is 0 Å². The number of nitrogens with two attached hydrogens (primary N) is 1. The van der Waals surface area contributed by atoms with Crippen molar-refractivity contribution in [1.82, 2.24) is 4.98 Å². The molecule has 3 rings (SSSR count). The molecular weight excluding hydrogens is 404 g/mol. The van der Waals surface area contributed by atoms with Gasteiger partial charge < -0.3 is 15.5 Å². The van der Waals surface area contributed by atoms with Crippen LogP contribution in [0.25, 0.3) is 22.2 Å². The number of aromatic amines is 1. The second-order valence-electron chi connectivity index (χ2n) is 9.43. The first-order valence-electron chi connectivity index (χ1n) is 13.4. The Morgan fingerprint density at radius 1 is 0.667 bits per heavy atom. The van der Waals surface area contributed by atoms with E-state index >= 15 is 0 Å². The molecule has 0 fully saturated rings. The van der Waals surface area contributed by atoms with E-state index in [4.69, 9.17) is 10.5 Å². The molecule has 3 N–H and O–H groups in total. The van der Waals surface area contributed by atoms with Crippen LogP contribution in [0.5, 0.6) is 5.75 Å². The molecule has 33 heavy (non-hydrogen) atoms. The van der Waals surface area contributed by atoms with Crippen molar-refractivity contribution >= 4 is 16.6 Å². The Hall–Kier alpha value is -2.42. The molecule has 0 saturated carbocycles. The first-order chi connectivity index (χ1) is 16.3. The number of aromatic nitrogens is 1. The van der Waals surface area contributed by atoms with Crippen LogP contribution in [0.15, 0.2) is 48.5 Å². The van der Waals surface area contributed by atoms with Crippen LogP contribution in [0, 0.1) is 0 Å². The maximum absolute atomic E-state index is 6.35. The molecule has 3 nitrogen and oxygen atoms in total. The van der Waals surface area contributed by atoms with Crippen LogP contribution in [-0.2, 0) is 0 Å². The third-order valence-electron chi connectivity index (χ3n) is 6.66. The molecule has 0 aliphatic carbocycles. The predicted octanol–water partition coefficient (Wildman–Crippen LogP) is 9.28. The highest BCUT2D eigenvalue weighted by atomic mass is 16.5. The zero-order valence-electron chi connectivity index (χ0n) is 20.7. The van der Waals surface area contributed by atoms with Crippen LogP contribution in [-0.4, -0.2) is 11.6 Å². The molecule has 0 aliphatic heterocycles. The SMILES string of the molecule is CCCCCCCCCCCCCCCCOc1ccc(-c2[nH]c3ccccc3c2N)cc1. The summed E-state index contributed by atoms with van der Waals surface area (Å²) in [4.78, 5) is 3.43. The van der Waals surface area contributed by atoms with Gasteiger partial charge in [0, 0.05) is 16.5 Å². The first kappa shape index (κ1) is 25.2. The maximum Gasteiger partial charge on any atom is 0.119 e. The fourth-order valence-electron chi connectivity index (χ4n) is 4.60. The van der Waals surface area contributed by atoms with Gasteiger partial charge in [-0.2, -0.15) is 0 Å². The van der Waals surface area contributed by atoms with Crippen LogP contribution in [0.2, 0.25) is 0 Å². The highest BCUT2D eigenvalue weighted by molar-refractivity contribution is 5.99. The lowest BCUT2D eigenvalue weighted by molar-refractivity contribution is 0.304. The molecule has 0 aliphatic rings. The van der Waals surface area contributed by atoms with E-state index in [-0.39, 0.29) is 0 Å². The van der Waals surface area contributed by atoms with Crippen molar-refractivity contribution in [2.45, 2.75) is 96.8 Å². The molecular formula is C30H44N2O. The van der Waals surface area contributed by atoms with Gasteiger partial charge in [-0.25, -0.2) is 0 Å². The van der Waals surface area contributed by atoms with Gasteiger partial charge in [-0.15, -0.1) is 0 Å². The van der Waals surface area contributed by atoms with Gasteiger partial charge in [0.2, 0.25) is 0 Å². The third kappa shape index (κ3) is 8.46. The molecule has 3 aromatic rings. The number of benzene rings is 2. The van der Waals surface area contributed by atoms with Gasteiger partial charge in [0.05, 0.1) is 18.0 Å². The van der Waals surface area contributed by atoms with E-state index in [9.17, 15) is 0 Å². The van der Waals surface area contributed by atoms with Gasteiger partial charge >= 0.3 is 0 Å². The Balaban J connectivity index is 1.22. The number of nitrogens with one attached hydrogen (secondary N) is 1. The number of unbranched alkanes of at least 4 members (excludes halogenated alkanes) is 13. The average Bonchev–Trinajstić information content (AvgIpc) is 3.18. The van der Waals surface area contributed by atoms with Crippen molar-refractivity contribution in [3.63, 3.8) is 0 Å². The number of nitrogen functional groups attached to an aromatic ring is 1. The van der Waals surface area contributed by atoms with E-state index < -0.39 is 0 Å². The molecule has 0 bridgehead atoms. The van der Waals surface area contributed by atoms with Crippen LogP contribution in [0.3, 0.4) is 0 Å². The van der Waals surface area contributed by atoms with Gasteiger partial charge in [0.25, 0.3) is 0 Å². The summed E-state index contributed by atoms with van der Waals surface area (Å²) in [6.45, 7) is 3.08. The minimum atomic E-state index is 0.798. The normalized spacial score (nSPS) is 11.3. The molecule has 2 aromatic carbocycles. The molecule has 0 spiro atoms. The Morgan fingerprint density at radius 2 is 1.21 bits per heavy atom. The van der Waals surface area contributed by atoms with Crippen molar-refractivity contribution < 1.29 is 4.74 Å². The molecule has 1 aromatic heterocycles. The highest BCUT2D eigenvalue weighted by Crippen LogP contribution is 2.33. The topological polar surface area (TPSA) is 51.0 Å². The van der Waals surface area contributed by atoms with E-state index in [0.717, 1.165) is 46.6 Å². The number of hydrogen-bond donors (Lipinski definition) is 2. The zero-order valence-corrected chi connectivity index (χ0v) is 20.7. The zero-order chi connectivity index (χ0) is 23.1. The highest BCUT2D eigenvalue weighted by Gasteiger charge is 2.10. The number of anilines is 1. The number of hydrogen-bond acceptors (Lipinski definition) is 2. The first-order valence-corrected chi connectivity index (χ1v) is 13.4. The Kier molecular flexibility index (Phi) is 11.2. The lowest BCUT2D eigenvalue weighted by Crippen LogP contribution is -1.97. The molecule has 180 valence electrons. The predicted molar refractivity (Wildman–Crippen MR) is 144 cm³/mol. The summed E-state index contributed by atoms with van der Waals surface area (Å²) >= 11 is 0. The van der Waals surface area contributed by atoms with E-state index in [1.165, 1.54) is 83.5 Å². The smallest absolute Gasteiger partial charge is 0.119 e. The fourth-order valence-corrected chi connectivity index (χ4v) is 4.60. The van der Waals surface area contributed by atoms with E-state index in [1.807, 2.05) is 24.3 Å². The van der Waals surface area contributed by atoms with Crippen LogP contribution < -0.4 is 10.5 Å². The molecule has 0 unspecified atom stereocenters. The number of rotatable bonds is 17. The number of para-hydroxylation sites is 1. The van der Waals surface area contributed by atoms with Crippen LogP contribution in [0.4, 0.5) is 5.69 Å². The summed E-state index contributed by atoms with van der Waals surface area (Å²) in [5, 5.41) is 1.07. The quantitative estimate of drug-likeness (QED) is 0.202. The van der Waals surface area contributed by atoms with Gasteiger partial charge in [-0.3, -0.25) is 0 Å². The minimum absolute atomic E-state index is 0.798. The van der Waals surface area contributed by atoms with Crippen LogP contribution >= 0.6 is 0 Å². The number of fused-ring (bicyclic) bond motifs is 1. The molecule has 0 atom stereocenters. The second-order valence-corrected chi connectivity index (χ2v) is 9.43. The van der Waals surface area contributed by atoms with Gasteiger partial charge in [0.1, 0.15) is 5.75 Å². The second kappa shape index (κ2) is 14.7. The van der Waals surface area contributed by atoms with E-state index in [0.29, 0.717) is 0 Å². The number of ether oxygens (including phenoxy) is 1. The van der Waals surface area contributed by atoms with E-state index in [2.05, 4.69) is 36.2 Å². The van der Waals surface area contributed by atoms with Gasteiger partial charge in [-0.05, 0) is 36.8 Å². The Morgan fingerprint density at radius 3 is 1.79 bits per heavy atom. The van der Waals surface area contributed by atoms with Gasteiger partial charge in [0.15, 0.2) is 0 Å².